The Bertz CT molecular complexity index is 405. The normalized spacial score (nSPS) is 12.9. The molecule has 2 heterocycles. The van der Waals surface area contributed by atoms with Crippen LogP contribution >= 0.6 is 11.3 Å². The highest BCUT2D eigenvalue weighted by Crippen LogP contribution is 2.23. The Morgan fingerprint density at radius 1 is 1.47 bits per heavy atom. The van der Waals surface area contributed by atoms with E-state index in [-0.39, 0.29) is 6.04 Å². The third-order valence-electron chi connectivity index (χ3n) is 2.59. The molecule has 2 nitrogen and oxygen atoms in total. The molecule has 0 spiro atoms. The summed E-state index contributed by atoms with van der Waals surface area (Å²) in [6, 6.07) is 4.44. The second-order valence-corrected chi connectivity index (χ2v) is 4.42. The van der Waals surface area contributed by atoms with Crippen molar-refractivity contribution >= 4 is 11.3 Å². The van der Waals surface area contributed by atoms with E-state index in [2.05, 4.69) is 29.1 Å². The lowest BCUT2D eigenvalue weighted by Crippen LogP contribution is -2.18. The van der Waals surface area contributed by atoms with E-state index < -0.39 is 0 Å². The average Bonchev–Trinajstić information content (AvgIpc) is 2.85. The molecule has 1 atom stereocenters. The van der Waals surface area contributed by atoms with Crippen LogP contribution in [0.15, 0.2) is 33.6 Å². The number of hydrogen-bond donors (Lipinski definition) is 1. The fourth-order valence-electron chi connectivity index (χ4n) is 1.71. The van der Waals surface area contributed by atoms with Crippen molar-refractivity contribution in [2.75, 3.05) is 7.05 Å². The summed E-state index contributed by atoms with van der Waals surface area (Å²) in [7, 11) is 1.97. The standard InChI is InChI=1S/C12H15NOS/c1-9-3-5-14-12(9)11(13-2)7-10-4-6-15-8-10/h3-6,8,11,13H,7H2,1-2H3. The van der Waals surface area contributed by atoms with Gasteiger partial charge >= 0.3 is 0 Å². The third-order valence-corrected chi connectivity index (χ3v) is 3.32. The van der Waals surface area contributed by atoms with Crippen LogP contribution in [-0.4, -0.2) is 7.05 Å². The van der Waals surface area contributed by atoms with Crippen molar-refractivity contribution in [3.05, 3.63) is 46.0 Å². The summed E-state index contributed by atoms with van der Waals surface area (Å²) in [5, 5.41) is 7.59. The zero-order valence-corrected chi connectivity index (χ0v) is 9.80. The Morgan fingerprint density at radius 3 is 2.87 bits per heavy atom. The summed E-state index contributed by atoms with van der Waals surface area (Å²) >= 11 is 1.74. The van der Waals surface area contributed by atoms with Gasteiger partial charge in [0.15, 0.2) is 0 Å². The minimum absolute atomic E-state index is 0.273. The van der Waals surface area contributed by atoms with Crippen molar-refractivity contribution in [2.24, 2.45) is 0 Å². The molecule has 1 N–H and O–H groups in total. The number of furan rings is 1. The molecule has 0 aromatic carbocycles. The predicted molar refractivity (Wildman–Crippen MR) is 63.3 cm³/mol. The van der Waals surface area contributed by atoms with Crippen molar-refractivity contribution in [1.82, 2.24) is 5.32 Å². The van der Waals surface area contributed by atoms with Crippen LogP contribution in [0.1, 0.15) is 22.9 Å². The van der Waals surface area contributed by atoms with Gasteiger partial charge in [0.25, 0.3) is 0 Å². The third kappa shape index (κ3) is 2.30. The highest BCUT2D eigenvalue weighted by molar-refractivity contribution is 7.07. The van der Waals surface area contributed by atoms with Crippen LogP contribution in [0, 0.1) is 6.92 Å². The van der Waals surface area contributed by atoms with E-state index in [0.29, 0.717) is 0 Å². The number of thiophene rings is 1. The molecule has 0 bridgehead atoms. The summed E-state index contributed by atoms with van der Waals surface area (Å²) in [5.74, 6) is 1.05. The second-order valence-electron chi connectivity index (χ2n) is 3.64. The van der Waals surface area contributed by atoms with Gasteiger partial charge in [-0.05, 0) is 54.4 Å². The van der Waals surface area contributed by atoms with Crippen LogP contribution < -0.4 is 5.32 Å². The van der Waals surface area contributed by atoms with Gasteiger partial charge in [0, 0.05) is 0 Å². The van der Waals surface area contributed by atoms with E-state index in [1.54, 1.807) is 17.6 Å². The van der Waals surface area contributed by atoms with E-state index in [1.165, 1.54) is 11.1 Å². The topological polar surface area (TPSA) is 25.2 Å². The highest BCUT2D eigenvalue weighted by Gasteiger charge is 2.15. The molecule has 2 aromatic rings. The molecule has 0 aliphatic heterocycles. The monoisotopic (exact) mass is 221 g/mol. The first-order valence-corrected chi connectivity index (χ1v) is 5.98. The summed E-state index contributed by atoms with van der Waals surface area (Å²) in [6.07, 6.45) is 2.73. The van der Waals surface area contributed by atoms with Gasteiger partial charge in [-0.15, -0.1) is 0 Å². The molecule has 0 aliphatic rings. The zero-order chi connectivity index (χ0) is 10.7. The first-order chi connectivity index (χ1) is 7.31. The zero-order valence-electron chi connectivity index (χ0n) is 8.99. The van der Waals surface area contributed by atoms with E-state index in [1.807, 2.05) is 13.1 Å². The van der Waals surface area contributed by atoms with Crippen molar-refractivity contribution < 1.29 is 4.42 Å². The first-order valence-electron chi connectivity index (χ1n) is 5.03. The molecule has 3 heteroatoms. The molecule has 2 aromatic heterocycles. The Morgan fingerprint density at radius 2 is 2.33 bits per heavy atom. The van der Waals surface area contributed by atoms with E-state index in [0.717, 1.165) is 12.2 Å². The lowest BCUT2D eigenvalue weighted by molar-refractivity contribution is 0.427. The van der Waals surface area contributed by atoms with Gasteiger partial charge in [0.05, 0.1) is 12.3 Å². The maximum absolute atomic E-state index is 5.51. The Balaban J connectivity index is 2.15. The first kappa shape index (κ1) is 10.5. The summed E-state index contributed by atoms with van der Waals surface area (Å²) in [4.78, 5) is 0. The highest BCUT2D eigenvalue weighted by atomic mass is 32.1. The van der Waals surface area contributed by atoms with Crippen LogP contribution in [0.5, 0.6) is 0 Å². The minimum atomic E-state index is 0.273. The number of hydrogen-bond acceptors (Lipinski definition) is 3. The Labute approximate surface area is 93.9 Å². The van der Waals surface area contributed by atoms with E-state index in [4.69, 9.17) is 4.42 Å². The number of likely N-dealkylation sites (N-methyl/N-ethyl adjacent to an activating group) is 1. The van der Waals surface area contributed by atoms with Crippen LogP contribution in [0.25, 0.3) is 0 Å². The molecular formula is C12H15NOS. The van der Waals surface area contributed by atoms with Crippen LogP contribution in [-0.2, 0) is 6.42 Å². The van der Waals surface area contributed by atoms with Gasteiger partial charge in [-0.1, -0.05) is 0 Å². The quantitative estimate of drug-likeness (QED) is 0.858. The molecule has 2 rings (SSSR count). The molecule has 1 unspecified atom stereocenters. The Hall–Kier alpha value is -1.06. The lowest BCUT2D eigenvalue weighted by atomic mass is 10.0. The maximum atomic E-state index is 5.51. The van der Waals surface area contributed by atoms with Gasteiger partial charge in [0.1, 0.15) is 5.76 Å². The molecule has 0 aliphatic carbocycles. The van der Waals surface area contributed by atoms with Gasteiger partial charge in [-0.3, -0.25) is 0 Å². The molecule has 15 heavy (non-hydrogen) atoms. The fourth-order valence-corrected chi connectivity index (χ4v) is 2.39. The van der Waals surface area contributed by atoms with E-state index >= 15 is 0 Å². The molecular weight excluding hydrogens is 206 g/mol. The lowest BCUT2D eigenvalue weighted by Gasteiger charge is -2.13. The van der Waals surface area contributed by atoms with Gasteiger partial charge in [-0.25, -0.2) is 0 Å². The molecule has 0 amide bonds. The average molecular weight is 221 g/mol. The fraction of sp³-hybridized carbons (Fsp3) is 0.333. The smallest absolute Gasteiger partial charge is 0.123 e. The Kier molecular flexibility index (Phi) is 3.23. The van der Waals surface area contributed by atoms with Crippen molar-refractivity contribution in [1.29, 1.82) is 0 Å². The maximum Gasteiger partial charge on any atom is 0.123 e. The molecule has 0 radical (unpaired) electrons. The summed E-state index contributed by atoms with van der Waals surface area (Å²) in [5.41, 5.74) is 2.57. The number of rotatable bonds is 4. The molecule has 0 saturated carbocycles. The largest absolute Gasteiger partial charge is 0.467 e. The predicted octanol–water partition coefficient (Wildman–Crippen LogP) is 3.15. The number of nitrogens with one attached hydrogen (secondary N) is 1. The van der Waals surface area contributed by atoms with Gasteiger partial charge in [0.2, 0.25) is 0 Å². The van der Waals surface area contributed by atoms with Crippen LogP contribution in [0.4, 0.5) is 0 Å². The van der Waals surface area contributed by atoms with Crippen LogP contribution in [0.2, 0.25) is 0 Å². The van der Waals surface area contributed by atoms with Crippen molar-refractivity contribution in [2.45, 2.75) is 19.4 Å². The molecule has 0 saturated heterocycles. The van der Waals surface area contributed by atoms with Crippen molar-refractivity contribution in [3.63, 3.8) is 0 Å². The summed E-state index contributed by atoms with van der Waals surface area (Å²) < 4.78 is 5.51. The SMILES string of the molecule is CNC(Cc1ccsc1)c1occc1C. The van der Waals surface area contributed by atoms with Crippen molar-refractivity contribution in [3.8, 4) is 0 Å². The van der Waals surface area contributed by atoms with E-state index in [9.17, 15) is 0 Å². The minimum Gasteiger partial charge on any atom is -0.467 e. The second kappa shape index (κ2) is 4.64. The molecule has 80 valence electrons. The van der Waals surface area contributed by atoms with Crippen LogP contribution in [0.3, 0.4) is 0 Å². The number of aryl methyl sites for hydroxylation is 1. The van der Waals surface area contributed by atoms with Gasteiger partial charge < -0.3 is 9.73 Å². The molecule has 0 fully saturated rings. The summed E-state index contributed by atoms with van der Waals surface area (Å²) in [6.45, 7) is 2.08. The van der Waals surface area contributed by atoms with Gasteiger partial charge in [-0.2, -0.15) is 11.3 Å².